The predicted molar refractivity (Wildman–Crippen MR) is 102 cm³/mol. The molecule has 2 atom stereocenters. The second kappa shape index (κ2) is 7.18. The van der Waals surface area contributed by atoms with Gasteiger partial charge in [0, 0.05) is 5.56 Å². The van der Waals surface area contributed by atoms with Crippen LogP contribution in [0, 0.1) is 17.3 Å². The van der Waals surface area contributed by atoms with Crippen molar-refractivity contribution in [3.8, 4) is 11.3 Å². The van der Waals surface area contributed by atoms with Crippen molar-refractivity contribution >= 4 is 45.1 Å². The number of halogens is 3. The molecule has 1 saturated carbocycles. The molecule has 0 unspecified atom stereocenters. The Morgan fingerprint density at radius 1 is 1.32 bits per heavy atom. The Bertz CT molecular complexity index is 822. The van der Waals surface area contributed by atoms with Gasteiger partial charge >= 0.3 is 5.97 Å². The number of allylic oxidation sites excluding steroid dienone is 1. The summed E-state index contributed by atoms with van der Waals surface area (Å²) < 4.78 is 11.9. The maximum absolute atomic E-state index is 12.4. The summed E-state index contributed by atoms with van der Waals surface area (Å²) in [4.78, 5) is 12.4. The maximum Gasteiger partial charge on any atom is 0.310 e. The molecule has 6 heteroatoms. The fourth-order valence-electron chi connectivity index (χ4n) is 3.10. The fraction of sp³-hybridized carbons (Fsp3) is 0.316. The maximum atomic E-state index is 12.4. The zero-order valence-electron chi connectivity index (χ0n) is 13.8. The Kier molecular flexibility index (Phi) is 5.33. The van der Waals surface area contributed by atoms with Crippen molar-refractivity contribution < 1.29 is 13.9 Å². The summed E-state index contributed by atoms with van der Waals surface area (Å²) in [6.45, 7) is 4.23. The lowest BCUT2D eigenvalue weighted by atomic mass is 10.1. The molecule has 1 aromatic carbocycles. The molecule has 3 nitrogen and oxygen atoms in total. The molecule has 0 spiro atoms. The van der Waals surface area contributed by atoms with Crippen molar-refractivity contribution in [2.45, 2.75) is 20.5 Å². The lowest BCUT2D eigenvalue weighted by Gasteiger charge is -2.07. The summed E-state index contributed by atoms with van der Waals surface area (Å²) in [7, 11) is 0. The third kappa shape index (κ3) is 4.13. The molecule has 1 aliphatic rings. The van der Waals surface area contributed by atoms with Crippen molar-refractivity contribution in [1.82, 2.24) is 0 Å². The Hall–Kier alpha value is -1.23. The van der Waals surface area contributed by atoms with E-state index in [-0.39, 0.29) is 34.3 Å². The van der Waals surface area contributed by atoms with Crippen LogP contribution in [0.2, 0.25) is 0 Å². The van der Waals surface area contributed by atoms with E-state index in [1.165, 1.54) is 0 Å². The monoisotopic (exact) mass is 442 g/mol. The van der Waals surface area contributed by atoms with Crippen LogP contribution in [0.3, 0.4) is 0 Å². The standard InChI is InChI=1S/C19H17BrCl2O3/c1-19(2)13(9-16(21)22)17(19)18(23)24-10-11-4-3-5-12(8-11)14-6-7-15(20)25-14/h3-9,13,17H,10H2,1-2H3/t13-,17-/m0/s1. The number of esters is 1. The molecule has 0 radical (unpaired) electrons. The summed E-state index contributed by atoms with van der Waals surface area (Å²) in [5.41, 5.74) is 1.65. The van der Waals surface area contributed by atoms with Crippen LogP contribution in [0.4, 0.5) is 0 Å². The van der Waals surface area contributed by atoms with Crippen LogP contribution in [-0.2, 0) is 16.1 Å². The summed E-state index contributed by atoms with van der Waals surface area (Å²) in [5, 5.41) is 0. The lowest BCUT2D eigenvalue weighted by molar-refractivity contribution is -0.147. The van der Waals surface area contributed by atoms with Gasteiger partial charge in [0.1, 0.15) is 16.9 Å². The first kappa shape index (κ1) is 18.6. The first-order valence-corrected chi connectivity index (χ1v) is 9.38. The zero-order valence-corrected chi connectivity index (χ0v) is 16.9. The van der Waals surface area contributed by atoms with Gasteiger partial charge in [0.05, 0.1) is 5.92 Å². The van der Waals surface area contributed by atoms with E-state index in [0.29, 0.717) is 4.67 Å². The topological polar surface area (TPSA) is 39.4 Å². The second-order valence-electron chi connectivity index (χ2n) is 6.69. The van der Waals surface area contributed by atoms with E-state index in [4.69, 9.17) is 32.4 Å². The van der Waals surface area contributed by atoms with Crippen molar-refractivity contribution in [3.05, 3.63) is 57.2 Å². The van der Waals surface area contributed by atoms with Crippen LogP contribution < -0.4 is 0 Å². The van der Waals surface area contributed by atoms with E-state index in [1.807, 2.05) is 50.2 Å². The van der Waals surface area contributed by atoms with Gasteiger partial charge in [-0.25, -0.2) is 0 Å². The Morgan fingerprint density at radius 2 is 2.08 bits per heavy atom. The fourth-order valence-corrected chi connectivity index (χ4v) is 3.68. The highest BCUT2D eigenvalue weighted by atomic mass is 79.9. The molecule has 0 amide bonds. The third-order valence-electron chi connectivity index (χ3n) is 4.64. The van der Waals surface area contributed by atoms with Crippen LogP contribution in [0.5, 0.6) is 0 Å². The van der Waals surface area contributed by atoms with Crippen LogP contribution >= 0.6 is 39.1 Å². The highest BCUT2D eigenvalue weighted by Crippen LogP contribution is 2.60. The zero-order chi connectivity index (χ0) is 18.2. The van der Waals surface area contributed by atoms with Gasteiger partial charge < -0.3 is 9.15 Å². The largest absolute Gasteiger partial charge is 0.461 e. The van der Waals surface area contributed by atoms with Gasteiger partial charge in [-0.05, 0) is 57.1 Å². The molecule has 0 aliphatic heterocycles. The van der Waals surface area contributed by atoms with Gasteiger partial charge in [-0.15, -0.1) is 0 Å². The molecule has 1 fully saturated rings. The molecule has 2 aromatic rings. The van der Waals surface area contributed by atoms with E-state index in [0.717, 1.165) is 16.9 Å². The molecule has 132 valence electrons. The highest BCUT2D eigenvalue weighted by molar-refractivity contribution is 9.10. The van der Waals surface area contributed by atoms with Crippen LogP contribution in [0.1, 0.15) is 19.4 Å². The molecule has 1 aliphatic carbocycles. The number of ether oxygens (including phenoxy) is 1. The van der Waals surface area contributed by atoms with E-state index in [2.05, 4.69) is 15.9 Å². The van der Waals surface area contributed by atoms with Crippen molar-refractivity contribution in [3.63, 3.8) is 0 Å². The highest BCUT2D eigenvalue weighted by Gasteiger charge is 2.61. The quantitative estimate of drug-likeness (QED) is 0.505. The molecular formula is C19H17BrCl2O3. The second-order valence-corrected chi connectivity index (χ2v) is 8.48. The van der Waals surface area contributed by atoms with Crippen molar-refractivity contribution in [2.75, 3.05) is 0 Å². The smallest absolute Gasteiger partial charge is 0.310 e. The number of rotatable bonds is 5. The number of carbonyl (C=O) groups is 1. The third-order valence-corrected chi connectivity index (χ3v) is 5.31. The number of furan rings is 1. The number of carbonyl (C=O) groups excluding carboxylic acids is 1. The average Bonchev–Trinajstić information content (AvgIpc) is 2.89. The van der Waals surface area contributed by atoms with Crippen molar-refractivity contribution in [2.24, 2.45) is 17.3 Å². The van der Waals surface area contributed by atoms with Gasteiger partial charge in [-0.3, -0.25) is 4.79 Å². The van der Waals surface area contributed by atoms with E-state index in [1.54, 1.807) is 6.08 Å². The van der Waals surface area contributed by atoms with E-state index >= 15 is 0 Å². The van der Waals surface area contributed by atoms with Crippen LogP contribution in [0.15, 0.2) is 56.1 Å². The van der Waals surface area contributed by atoms with Gasteiger partial charge in [-0.1, -0.05) is 55.2 Å². The Labute approximate surface area is 165 Å². The summed E-state index contributed by atoms with van der Waals surface area (Å²) in [6.07, 6.45) is 1.71. The lowest BCUT2D eigenvalue weighted by Crippen LogP contribution is -2.10. The summed E-state index contributed by atoms with van der Waals surface area (Å²) in [5.74, 6) is 0.318. The number of hydrogen-bond acceptors (Lipinski definition) is 3. The SMILES string of the molecule is CC1(C)[C@H](C(=O)OCc2cccc(-c3ccc(Br)o3)c2)[C@@H]1C=C(Cl)Cl. The molecule has 3 rings (SSSR count). The molecule has 25 heavy (non-hydrogen) atoms. The average molecular weight is 444 g/mol. The molecule has 1 heterocycles. The van der Waals surface area contributed by atoms with Gasteiger partial charge in [0.2, 0.25) is 0 Å². The molecule has 0 saturated heterocycles. The number of benzene rings is 1. The Morgan fingerprint density at radius 3 is 2.72 bits per heavy atom. The predicted octanol–water partition coefficient (Wildman–Crippen LogP) is 6.34. The first-order chi connectivity index (χ1) is 11.8. The van der Waals surface area contributed by atoms with Gasteiger partial charge in [0.25, 0.3) is 0 Å². The van der Waals surface area contributed by atoms with Crippen LogP contribution in [0.25, 0.3) is 11.3 Å². The Balaban J connectivity index is 1.64. The molecule has 0 bridgehead atoms. The van der Waals surface area contributed by atoms with Crippen molar-refractivity contribution in [1.29, 1.82) is 0 Å². The minimum absolute atomic E-state index is 0.0109. The minimum atomic E-state index is -0.230. The molecular weight excluding hydrogens is 427 g/mol. The number of hydrogen-bond donors (Lipinski definition) is 0. The van der Waals surface area contributed by atoms with Gasteiger partial charge in [0.15, 0.2) is 4.67 Å². The minimum Gasteiger partial charge on any atom is -0.461 e. The first-order valence-electron chi connectivity index (χ1n) is 7.83. The van der Waals surface area contributed by atoms with E-state index in [9.17, 15) is 4.79 Å². The molecule has 0 N–H and O–H groups in total. The van der Waals surface area contributed by atoms with Gasteiger partial charge in [-0.2, -0.15) is 0 Å². The normalized spacial score (nSPS) is 20.8. The van der Waals surface area contributed by atoms with E-state index < -0.39 is 0 Å². The molecule has 1 aromatic heterocycles. The van der Waals surface area contributed by atoms with Crippen LogP contribution in [-0.4, -0.2) is 5.97 Å². The summed E-state index contributed by atoms with van der Waals surface area (Å²) >= 11 is 14.7. The summed E-state index contributed by atoms with van der Waals surface area (Å²) in [6, 6.07) is 11.4.